The molecule has 5 heteroatoms. The van der Waals surface area contributed by atoms with Gasteiger partial charge in [0.15, 0.2) is 0 Å². The van der Waals surface area contributed by atoms with Crippen molar-refractivity contribution >= 4 is 11.0 Å². The lowest BCUT2D eigenvalue weighted by atomic mass is 10.1. The van der Waals surface area contributed by atoms with Gasteiger partial charge in [0, 0.05) is 6.54 Å². The number of aromatic nitrogens is 3. The number of benzene rings is 2. The van der Waals surface area contributed by atoms with Crippen LogP contribution in [-0.4, -0.2) is 26.2 Å². The van der Waals surface area contributed by atoms with Crippen molar-refractivity contribution in [1.82, 2.24) is 15.0 Å². The fourth-order valence-corrected chi connectivity index (χ4v) is 3.69. The molecule has 1 heterocycles. The van der Waals surface area contributed by atoms with Crippen molar-refractivity contribution in [1.29, 1.82) is 0 Å². The van der Waals surface area contributed by atoms with Gasteiger partial charge in [-0.3, -0.25) is 0 Å². The number of aliphatic hydroxyl groups excluding tert-OH is 1. The number of nitrogens with two attached hydrogens (primary N) is 1. The third-order valence-corrected chi connectivity index (χ3v) is 5.73. The smallest absolute Gasteiger partial charge is 0.113 e. The molecule has 0 bridgehead atoms. The minimum atomic E-state index is 0.0695. The van der Waals surface area contributed by atoms with Crippen molar-refractivity contribution < 1.29 is 5.11 Å². The van der Waals surface area contributed by atoms with Crippen LogP contribution in [0.15, 0.2) is 48.5 Å². The SMILES string of the molecule is CCCCCCCCCC1CC1O.NCc1cccc(-n2nc3ccccc3n2)c1. The molecule has 30 heavy (non-hydrogen) atoms. The number of hydrogen-bond acceptors (Lipinski definition) is 4. The maximum absolute atomic E-state index is 9.10. The molecule has 5 nitrogen and oxygen atoms in total. The van der Waals surface area contributed by atoms with Crippen LogP contribution in [0.4, 0.5) is 0 Å². The van der Waals surface area contributed by atoms with E-state index < -0.39 is 0 Å². The van der Waals surface area contributed by atoms with Crippen LogP contribution in [-0.2, 0) is 6.54 Å². The normalized spacial score (nSPS) is 17.6. The van der Waals surface area contributed by atoms with Crippen molar-refractivity contribution in [2.75, 3.05) is 0 Å². The Kier molecular flexibility index (Phi) is 8.84. The number of fused-ring (bicyclic) bond motifs is 1. The Labute approximate surface area is 180 Å². The molecule has 1 aromatic heterocycles. The van der Waals surface area contributed by atoms with Crippen molar-refractivity contribution in [2.24, 2.45) is 11.7 Å². The summed E-state index contributed by atoms with van der Waals surface area (Å²) >= 11 is 0. The van der Waals surface area contributed by atoms with Crippen LogP contribution in [0.1, 0.15) is 70.3 Å². The lowest BCUT2D eigenvalue weighted by Crippen LogP contribution is -2.01. The van der Waals surface area contributed by atoms with Crippen LogP contribution in [0.2, 0.25) is 0 Å². The molecule has 4 rings (SSSR count). The predicted octanol–water partition coefficient (Wildman–Crippen LogP) is 5.39. The van der Waals surface area contributed by atoms with Gasteiger partial charge >= 0.3 is 0 Å². The van der Waals surface area contributed by atoms with Gasteiger partial charge in [-0.05, 0) is 48.6 Å². The van der Waals surface area contributed by atoms with Crippen molar-refractivity contribution in [3.05, 3.63) is 54.1 Å². The first kappa shape index (κ1) is 22.4. The quantitative estimate of drug-likeness (QED) is 0.441. The first-order chi connectivity index (χ1) is 14.7. The molecule has 162 valence electrons. The van der Waals surface area contributed by atoms with Gasteiger partial charge in [-0.2, -0.15) is 4.80 Å². The first-order valence-electron chi connectivity index (χ1n) is 11.5. The summed E-state index contributed by atoms with van der Waals surface area (Å²) in [5, 5.41) is 17.9. The Balaban J connectivity index is 0.000000178. The third kappa shape index (κ3) is 6.92. The fraction of sp³-hybridized carbons (Fsp3) is 0.520. The number of nitrogens with zero attached hydrogens (tertiary/aromatic N) is 3. The van der Waals surface area contributed by atoms with Gasteiger partial charge < -0.3 is 10.8 Å². The lowest BCUT2D eigenvalue weighted by molar-refractivity contribution is 0.255. The van der Waals surface area contributed by atoms with Crippen LogP contribution in [0.5, 0.6) is 0 Å². The Bertz CT molecular complexity index is 858. The van der Waals surface area contributed by atoms with Crippen LogP contribution in [0, 0.1) is 5.92 Å². The van der Waals surface area contributed by atoms with Crippen molar-refractivity contribution in [3.63, 3.8) is 0 Å². The van der Waals surface area contributed by atoms with E-state index in [0.29, 0.717) is 12.5 Å². The average molecular weight is 409 g/mol. The van der Waals surface area contributed by atoms with E-state index in [2.05, 4.69) is 17.1 Å². The summed E-state index contributed by atoms with van der Waals surface area (Å²) in [7, 11) is 0. The van der Waals surface area contributed by atoms with Crippen LogP contribution < -0.4 is 5.73 Å². The van der Waals surface area contributed by atoms with Crippen molar-refractivity contribution in [2.45, 2.75) is 77.4 Å². The molecule has 0 radical (unpaired) electrons. The summed E-state index contributed by atoms with van der Waals surface area (Å²) in [6, 6.07) is 15.7. The fourth-order valence-electron chi connectivity index (χ4n) is 3.69. The van der Waals surface area contributed by atoms with E-state index in [-0.39, 0.29) is 6.10 Å². The van der Waals surface area contributed by atoms with Crippen LogP contribution >= 0.6 is 0 Å². The van der Waals surface area contributed by atoms with Gasteiger partial charge in [-0.1, -0.05) is 76.1 Å². The largest absolute Gasteiger partial charge is 0.393 e. The monoisotopic (exact) mass is 408 g/mol. The Morgan fingerprint density at radius 3 is 2.17 bits per heavy atom. The van der Waals surface area contributed by atoms with Gasteiger partial charge in [-0.25, -0.2) is 0 Å². The minimum absolute atomic E-state index is 0.0695. The van der Waals surface area contributed by atoms with E-state index in [1.165, 1.54) is 51.4 Å². The lowest BCUT2D eigenvalue weighted by Gasteiger charge is -2.01. The number of rotatable bonds is 10. The summed E-state index contributed by atoms with van der Waals surface area (Å²) in [4.78, 5) is 1.64. The molecule has 3 aromatic rings. The standard InChI is InChI=1S/C13H12N4.C12H24O/c14-9-10-4-3-5-11(8-10)17-15-12-6-1-2-7-13(12)16-17;1-2-3-4-5-6-7-8-9-11-10-12(11)13/h1-8H,9,14H2;11-13H,2-10H2,1H3. The van der Waals surface area contributed by atoms with E-state index in [0.717, 1.165) is 28.7 Å². The molecule has 0 saturated heterocycles. The number of aliphatic hydroxyl groups is 1. The second-order valence-corrected chi connectivity index (χ2v) is 8.33. The molecule has 1 aliphatic carbocycles. The number of unbranched alkanes of at least 4 members (excludes halogenated alkanes) is 6. The topological polar surface area (TPSA) is 77.0 Å². The molecule has 3 N–H and O–H groups in total. The summed E-state index contributed by atoms with van der Waals surface area (Å²) in [5.41, 5.74) is 9.42. The molecule has 0 amide bonds. The average Bonchev–Trinajstić information content (AvgIpc) is 3.31. The summed E-state index contributed by atoms with van der Waals surface area (Å²) in [6.07, 6.45) is 12.1. The van der Waals surface area contributed by atoms with Gasteiger partial charge in [0.2, 0.25) is 0 Å². The molecule has 2 atom stereocenters. The summed E-state index contributed by atoms with van der Waals surface area (Å²) < 4.78 is 0. The summed E-state index contributed by atoms with van der Waals surface area (Å²) in [6.45, 7) is 2.78. The Morgan fingerprint density at radius 1 is 0.933 bits per heavy atom. The Morgan fingerprint density at radius 2 is 1.57 bits per heavy atom. The molecule has 2 aromatic carbocycles. The van der Waals surface area contributed by atoms with E-state index in [1.54, 1.807) is 4.80 Å². The van der Waals surface area contributed by atoms with E-state index >= 15 is 0 Å². The molecule has 1 aliphatic rings. The zero-order valence-electron chi connectivity index (χ0n) is 18.2. The highest BCUT2D eigenvalue weighted by molar-refractivity contribution is 5.73. The van der Waals surface area contributed by atoms with E-state index in [4.69, 9.17) is 10.8 Å². The Hall–Kier alpha value is -2.24. The molecule has 1 fully saturated rings. The van der Waals surface area contributed by atoms with Crippen LogP contribution in [0.25, 0.3) is 16.7 Å². The zero-order valence-corrected chi connectivity index (χ0v) is 18.2. The van der Waals surface area contributed by atoms with E-state index in [1.807, 2.05) is 48.5 Å². The summed E-state index contributed by atoms with van der Waals surface area (Å²) in [5.74, 6) is 0.677. The first-order valence-corrected chi connectivity index (χ1v) is 11.5. The highest BCUT2D eigenvalue weighted by Gasteiger charge is 2.33. The van der Waals surface area contributed by atoms with Gasteiger partial charge in [0.25, 0.3) is 0 Å². The minimum Gasteiger partial charge on any atom is -0.393 e. The second kappa shape index (κ2) is 11.8. The molecule has 0 aliphatic heterocycles. The highest BCUT2D eigenvalue weighted by atomic mass is 16.3. The second-order valence-electron chi connectivity index (χ2n) is 8.33. The van der Waals surface area contributed by atoms with Crippen LogP contribution in [0.3, 0.4) is 0 Å². The van der Waals surface area contributed by atoms with Crippen molar-refractivity contribution in [3.8, 4) is 5.69 Å². The molecular weight excluding hydrogens is 372 g/mol. The molecule has 2 unspecified atom stereocenters. The number of hydrogen-bond donors (Lipinski definition) is 2. The molecule has 1 saturated carbocycles. The molecule has 0 spiro atoms. The maximum Gasteiger partial charge on any atom is 0.113 e. The highest BCUT2D eigenvalue weighted by Crippen LogP contribution is 2.34. The van der Waals surface area contributed by atoms with Gasteiger partial charge in [0.1, 0.15) is 11.0 Å². The van der Waals surface area contributed by atoms with Gasteiger partial charge in [-0.15, -0.1) is 10.2 Å². The zero-order chi connectivity index (χ0) is 21.2. The maximum atomic E-state index is 9.10. The third-order valence-electron chi connectivity index (χ3n) is 5.73. The molecular formula is C25H36N4O. The van der Waals surface area contributed by atoms with E-state index in [9.17, 15) is 0 Å². The predicted molar refractivity (Wildman–Crippen MR) is 123 cm³/mol. The van der Waals surface area contributed by atoms with Gasteiger partial charge in [0.05, 0.1) is 11.8 Å².